The van der Waals surface area contributed by atoms with Gasteiger partial charge in [-0.1, -0.05) is 24.3 Å². The van der Waals surface area contributed by atoms with Crippen molar-refractivity contribution in [3.8, 4) is 0 Å². The number of hydrogen-bond acceptors (Lipinski definition) is 2. The third-order valence-electron chi connectivity index (χ3n) is 1.89. The van der Waals surface area contributed by atoms with Crippen LogP contribution in [0.15, 0.2) is 24.3 Å². The molecule has 0 saturated heterocycles. The summed E-state index contributed by atoms with van der Waals surface area (Å²) in [5, 5.41) is 8.78. The Kier molecular flexibility index (Phi) is 3.93. The molecule has 72 valence electrons. The minimum Gasteiger partial charge on any atom is -0.396 e. The second-order valence-electron chi connectivity index (χ2n) is 3.53. The zero-order valence-electron chi connectivity index (χ0n) is 8.33. The van der Waals surface area contributed by atoms with Crippen LogP contribution in [0.2, 0.25) is 0 Å². The molecule has 1 aromatic carbocycles. The minimum atomic E-state index is 0.228. The van der Waals surface area contributed by atoms with E-state index in [9.17, 15) is 0 Å². The fraction of sp³-hybridized carbons (Fsp3) is 0.455. The molecule has 0 unspecified atom stereocenters. The van der Waals surface area contributed by atoms with Crippen molar-refractivity contribution in [3.05, 3.63) is 35.4 Å². The third-order valence-corrected chi connectivity index (χ3v) is 1.89. The maximum absolute atomic E-state index is 8.78. The third kappa shape index (κ3) is 3.57. The molecule has 0 aliphatic carbocycles. The SMILES string of the molecule is CN(C)Cc1cccc(CCO)c1. The molecule has 0 aliphatic heterocycles. The number of hydrogen-bond donors (Lipinski definition) is 1. The number of nitrogens with zero attached hydrogens (tertiary/aromatic N) is 1. The summed E-state index contributed by atoms with van der Waals surface area (Å²) in [6, 6.07) is 8.36. The molecule has 13 heavy (non-hydrogen) atoms. The van der Waals surface area contributed by atoms with Gasteiger partial charge in [0.15, 0.2) is 0 Å². The van der Waals surface area contributed by atoms with E-state index < -0.39 is 0 Å². The van der Waals surface area contributed by atoms with Gasteiger partial charge in [-0.25, -0.2) is 0 Å². The van der Waals surface area contributed by atoms with Crippen molar-refractivity contribution in [1.29, 1.82) is 0 Å². The highest BCUT2D eigenvalue weighted by Gasteiger charge is 1.96. The zero-order chi connectivity index (χ0) is 9.68. The van der Waals surface area contributed by atoms with Gasteiger partial charge in [0.05, 0.1) is 0 Å². The topological polar surface area (TPSA) is 23.5 Å². The first kappa shape index (κ1) is 10.2. The van der Waals surface area contributed by atoms with Gasteiger partial charge < -0.3 is 10.0 Å². The van der Waals surface area contributed by atoms with E-state index in [-0.39, 0.29) is 6.61 Å². The quantitative estimate of drug-likeness (QED) is 0.752. The minimum absolute atomic E-state index is 0.228. The molecule has 0 bridgehead atoms. The molecule has 0 aliphatic rings. The van der Waals surface area contributed by atoms with Gasteiger partial charge in [-0.2, -0.15) is 0 Å². The van der Waals surface area contributed by atoms with Crippen LogP contribution in [0.4, 0.5) is 0 Å². The van der Waals surface area contributed by atoms with Gasteiger partial charge in [-0.3, -0.25) is 0 Å². The van der Waals surface area contributed by atoms with Crippen molar-refractivity contribution in [2.45, 2.75) is 13.0 Å². The fourth-order valence-electron chi connectivity index (χ4n) is 1.38. The van der Waals surface area contributed by atoms with Gasteiger partial charge >= 0.3 is 0 Å². The molecule has 0 saturated carbocycles. The van der Waals surface area contributed by atoms with Gasteiger partial charge in [-0.15, -0.1) is 0 Å². The average molecular weight is 179 g/mol. The Labute approximate surface area is 79.8 Å². The highest BCUT2D eigenvalue weighted by atomic mass is 16.2. The van der Waals surface area contributed by atoms with E-state index in [1.54, 1.807) is 0 Å². The first-order chi connectivity index (χ1) is 6.22. The Balaban J connectivity index is 2.67. The number of aliphatic hydroxyl groups is 1. The normalized spacial score (nSPS) is 10.8. The predicted molar refractivity (Wildman–Crippen MR) is 54.6 cm³/mol. The first-order valence-corrected chi connectivity index (χ1v) is 4.56. The number of aliphatic hydroxyl groups excluding tert-OH is 1. The molecule has 0 amide bonds. The van der Waals surface area contributed by atoms with E-state index in [1.807, 2.05) is 6.07 Å². The van der Waals surface area contributed by atoms with Crippen LogP contribution >= 0.6 is 0 Å². The van der Waals surface area contributed by atoms with Crippen molar-refractivity contribution in [1.82, 2.24) is 4.90 Å². The second kappa shape index (κ2) is 5.00. The van der Waals surface area contributed by atoms with E-state index in [2.05, 4.69) is 37.2 Å². The van der Waals surface area contributed by atoms with Crippen LogP contribution in [-0.4, -0.2) is 30.7 Å². The summed E-state index contributed by atoms with van der Waals surface area (Å²) < 4.78 is 0. The lowest BCUT2D eigenvalue weighted by molar-refractivity contribution is 0.299. The molecule has 0 atom stereocenters. The van der Waals surface area contributed by atoms with E-state index in [1.165, 1.54) is 11.1 Å². The Morgan fingerprint density at radius 3 is 2.54 bits per heavy atom. The van der Waals surface area contributed by atoms with Crippen molar-refractivity contribution < 1.29 is 5.11 Å². The van der Waals surface area contributed by atoms with Gasteiger partial charge in [0, 0.05) is 13.2 Å². The molecule has 1 rings (SSSR count). The molecular weight excluding hydrogens is 162 g/mol. The monoisotopic (exact) mass is 179 g/mol. The van der Waals surface area contributed by atoms with Crippen LogP contribution in [0.1, 0.15) is 11.1 Å². The summed E-state index contributed by atoms with van der Waals surface area (Å²) in [5.41, 5.74) is 2.51. The van der Waals surface area contributed by atoms with Gasteiger partial charge in [0.2, 0.25) is 0 Å². The lowest BCUT2D eigenvalue weighted by Gasteiger charge is -2.10. The van der Waals surface area contributed by atoms with Crippen LogP contribution in [0, 0.1) is 0 Å². The summed E-state index contributed by atoms with van der Waals surface area (Å²) in [4.78, 5) is 2.14. The molecule has 0 aromatic heterocycles. The van der Waals surface area contributed by atoms with Crippen LogP contribution < -0.4 is 0 Å². The van der Waals surface area contributed by atoms with Crippen molar-refractivity contribution >= 4 is 0 Å². The molecule has 0 spiro atoms. The maximum Gasteiger partial charge on any atom is 0.0471 e. The van der Waals surface area contributed by atoms with Crippen LogP contribution in [0.5, 0.6) is 0 Å². The predicted octanol–water partition coefficient (Wildman–Crippen LogP) is 1.28. The van der Waals surface area contributed by atoms with Gasteiger partial charge in [-0.05, 0) is 31.6 Å². The number of rotatable bonds is 4. The van der Waals surface area contributed by atoms with Gasteiger partial charge in [0.25, 0.3) is 0 Å². The highest BCUT2D eigenvalue weighted by Crippen LogP contribution is 2.07. The zero-order valence-corrected chi connectivity index (χ0v) is 8.33. The summed E-state index contributed by atoms with van der Waals surface area (Å²) in [6.07, 6.45) is 0.751. The second-order valence-corrected chi connectivity index (χ2v) is 3.53. The van der Waals surface area contributed by atoms with Crippen molar-refractivity contribution in [3.63, 3.8) is 0 Å². The van der Waals surface area contributed by atoms with E-state index >= 15 is 0 Å². The van der Waals surface area contributed by atoms with Gasteiger partial charge in [0.1, 0.15) is 0 Å². The Hall–Kier alpha value is -0.860. The smallest absolute Gasteiger partial charge is 0.0471 e. The molecule has 2 heteroatoms. The molecular formula is C11H17NO. The Morgan fingerprint density at radius 1 is 1.23 bits per heavy atom. The van der Waals surface area contributed by atoms with Crippen LogP contribution in [0.25, 0.3) is 0 Å². The summed E-state index contributed by atoms with van der Waals surface area (Å²) in [5.74, 6) is 0. The molecule has 1 aromatic rings. The maximum atomic E-state index is 8.78. The fourth-order valence-corrected chi connectivity index (χ4v) is 1.38. The largest absolute Gasteiger partial charge is 0.396 e. The average Bonchev–Trinajstić information content (AvgIpc) is 2.04. The first-order valence-electron chi connectivity index (χ1n) is 4.56. The van der Waals surface area contributed by atoms with Crippen molar-refractivity contribution in [2.75, 3.05) is 20.7 Å². The van der Waals surface area contributed by atoms with E-state index in [0.29, 0.717) is 0 Å². The lowest BCUT2D eigenvalue weighted by Crippen LogP contribution is -2.10. The molecule has 0 heterocycles. The Morgan fingerprint density at radius 2 is 1.92 bits per heavy atom. The molecule has 1 N–H and O–H groups in total. The Bertz CT molecular complexity index is 258. The van der Waals surface area contributed by atoms with E-state index in [0.717, 1.165) is 13.0 Å². The molecule has 0 radical (unpaired) electrons. The van der Waals surface area contributed by atoms with Crippen LogP contribution in [0.3, 0.4) is 0 Å². The summed E-state index contributed by atoms with van der Waals surface area (Å²) in [7, 11) is 4.11. The number of benzene rings is 1. The molecule has 0 fully saturated rings. The summed E-state index contributed by atoms with van der Waals surface area (Å²) >= 11 is 0. The van der Waals surface area contributed by atoms with Crippen LogP contribution in [-0.2, 0) is 13.0 Å². The standard InChI is InChI=1S/C11H17NO/c1-12(2)9-11-5-3-4-10(8-11)6-7-13/h3-5,8,13H,6-7,9H2,1-2H3. The lowest BCUT2D eigenvalue weighted by atomic mass is 10.1. The van der Waals surface area contributed by atoms with Crippen molar-refractivity contribution in [2.24, 2.45) is 0 Å². The summed E-state index contributed by atoms with van der Waals surface area (Å²) in [6.45, 7) is 1.19. The van der Waals surface area contributed by atoms with E-state index in [4.69, 9.17) is 5.11 Å². The molecule has 2 nitrogen and oxygen atoms in total. The highest BCUT2D eigenvalue weighted by molar-refractivity contribution is 5.23.